The molecule has 0 aliphatic rings. The third-order valence-electron chi connectivity index (χ3n) is 4.58. The van der Waals surface area contributed by atoms with Gasteiger partial charge in [-0.15, -0.1) is 0 Å². The van der Waals surface area contributed by atoms with Crippen LogP contribution in [0.5, 0.6) is 0 Å². The van der Waals surface area contributed by atoms with Gasteiger partial charge in [0.1, 0.15) is 0 Å². The highest BCUT2D eigenvalue weighted by Crippen LogP contribution is 2.34. The molecule has 2 rings (SSSR count). The Labute approximate surface area is 143 Å². The monoisotopic (exact) mass is 308 g/mol. The van der Waals surface area contributed by atoms with E-state index in [1.54, 1.807) is 0 Å². The Morgan fingerprint density at radius 3 is 1.39 bits per heavy atom. The van der Waals surface area contributed by atoms with Crippen LogP contribution in [0.4, 0.5) is 0 Å². The first kappa shape index (κ1) is 17.8. The van der Waals surface area contributed by atoms with E-state index in [4.69, 9.17) is 0 Å². The van der Waals surface area contributed by atoms with Gasteiger partial charge in [-0.3, -0.25) is 0 Å². The van der Waals surface area contributed by atoms with Gasteiger partial charge in [0.15, 0.2) is 0 Å². The number of hydrogen-bond acceptors (Lipinski definition) is 0. The van der Waals surface area contributed by atoms with Crippen LogP contribution in [0.25, 0.3) is 11.1 Å². The molecular formula is C23H32. The standard InChI is InChI=1S/C23H32/c1-16(2)17-9-11-18(12-10-17)19-13-20(22(3,4)5)15-21(14-19)23(6,7)8/h9-16H,1-8H3. The van der Waals surface area contributed by atoms with E-state index in [0.717, 1.165) is 0 Å². The van der Waals surface area contributed by atoms with Gasteiger partial charge in [-0.25, -0.2) is 0 Å². The molecule has 2 aromatic carbocycles. The fourth-order valence-electron chi connectivity index (χ4n) is 2.72. The van der Waals surface area contributed by atoms with Gasteiger partial charge < -0.3 is 0 Å². The highest BCUT2D eigenvalue weighted by atomic mass is 14.3. The molecule has 23 heavy (non-hydrogen) atoms. The van der Waals surface area contributed by atoms with Crippen LogP contribution in [-0.4, -0.2) is 0 Å². The lowest BCUT2D eigenvalue weighted by molar-refractivity contribution is 0.569. The van der Waals surface area contributed by atoms with Crippen molar-refractivity contribution in [2.24, 2.45) is 0 Å². The minimum atomic E-state index is 0.161. The first-order valence-corrected chi connectivity index (χ1v) is 8.75. The van der Waals surface area contributed by atoms with E-state index in [0.29, 0.717) is 5.92 Å². The lowest BCUT2D eigenvalue weighted by atomic mass is 9.79. The normalized spacial score (nSPS) is 12.7. The number of rotatable bonds is 2. The molecule has 0 bridgehead atoms. The topological polar surface area (TPSA) is 0 Å². The zero-order chi connectivity index (χ0) is 17.4. The van der Waals surface area contributed by atoms with Crippen molar-refractivity contribution < 1.29 is 0 Å². The summed E-state index contributed by atoms with van der Waals surface area (Å²) in [5, 5.41) is 0. The van der Waals surface area contributed by atoms with Crippen molar-refractivity contribution in [1.29, 1.82) is 0 Å². The molecule has 0 saturated heterocycles. The SMILES string of the molecule is CC(C)c1ccc(-c2cc(C(C)(C)C)cc(C(C)(C)C)c2)cc1. The van der Waals surface area contributed by atoms with Gasteiger partial charge in [-0.1, -0.05) is 97.9 Å². The van der Waals surface area contributed by atoms with Crippen molar-refractivity contribution >= 4 is 0 Å². The summed E-state index contributed by atoms with van der Waals surface area (Å²) in [6.07, 6.45) is 0. The predicted molar refractivity (Wildman–Crippen MR) is 103 cm³/mol. The van der Waals surface area contributed by atoms with Crippen LogP contribution in [0.3, 0.4) is 0 Å². The molecule has 0 heterocycles. The molecule has 0 unspecified atom stereocenters. The van der Waals surface area contributed by atoms with Crippen LogP contribution in [0, 0.1) is 0 Å². The fourth-order valence-corrected chi connectivity index (χ4v) is 2.72. The van der Waals surface area contributed by atoms with Crippen LogP contribution >= 0.6 is 0 Å². The van der Waals surface area contributed by atoms with Crippen LogP contribution in [-0.2, 0) is 10.8 Å². The summed E-state index contributed by atoms with van der Waals surface area (Å²) in [7, 11) is 0. The van der Waals surface area contributed by atoms with E-state index in [1.807, 2.05) is 0 Å². The second kappa shape index (κ2) is 6.15. The maximum atomic E-state index is 2.38. The van der Waals surface area contributed by atoms with Crippen molar-refractivity contribution in [3.63, 3.8) is 0 Å². The molecule has 0 aromatic heterocycles. The molecule has 0 amide bonds. The van der Waals surface area contributed by atoms with Crippen molar-refractivity contribution in [3.05, 3.63) is 59.2 Å². The van der Waals surface area contributed by atoms with Gasteiger partial charge in [-0.05, 0) is 44.6 Å². The maximum Gasteiger partial charge on any atom is -0.0132 e. The zero-order valence-electron chi connectivity index (χ0n) is 16.1. The average molecular weight is 309 g/mol. The molecule has 0 aliphatic heterocycles. The highest BCUT2D eigenvalue weighted by Gasteiger charge is 2.20. The molecule has 0 spiro atoms. The molecule has 0 fully saturated rings. The Morgan fingerprint density at radius 2 is 1.04 bits per heavy atom. The highest BCUT2D eigenvalue weighted by molar-refractivity contribution is 5.66. The smallest absolute Gasteiger partial charge is 0.0132 e. The molecule has 124 valence electrons. The summed E-state index contributed by atoms with van der Waals surface area (Å²) in [5.74, 6) is 0.579. The number of hydrogen-bond donors (Lipinski definition) is 0. The van der Waals surface area contributed by atoms with Crippen molar-refractivity contribution in [3.8, 4) is 11.1 Å². The molecule has 0 nitrogen and oxygen atoms in total. The predicted octanol–water partition coefficient (Wildman–Crippen LogP) is 7.07. The Kier molecular flexibility index (Phi) is 4.76. The van der Waals surface area contributed by atoms with Crippen LogP contribution in [0.15, 0.2) is 42.5 Å². The Bertz CT molecular complexity index is 626. The Balaban J connectivity index is 2.57. The van der Waals surface area contributed by atoms with E-state index in [2.05, 4.69) is 97.9 Å². The summed E-state index contributed by atoms with van der Waals surface area (Å²) in [6.45, 7) is 18.2. The third kappa shape index (κ3) is 4.25. The molecule has 0 saturated carbocycles. The van der Waals surface area contributed by atoms with E-state index in [-0.39, 0.29) is 10.8 Å². The van der Waals surface area contributed by atoms with Crippen molar-refractivity contribution in [1.82, 2.24) is 0 Å². The van der Waals surface area contributed by atoms with Gasteiger partial charge >= 0.3 is 0 Å². The van der Waals surface area contributed by atoms with Crippen molar-refractivity contribution in [2.45, 2.75) is 72.1 Å². The lowest BCUT2D eigenvalue weighted by Crippen LogP contribution is -2.16. The van der Waals surface area contributed by atoms with E-state index in [1.165, 1.54) is 27.8 Å². The molecular weight excluding hydrogens is 276 g/mol. The van der Waals surface area contributed by atoms with E-state index in [9.17, 15) is 0 Å². The fraction of sp³-hybridized carbons (Fsp3) is 0.478. The van der Waals surface area contributed by atoms with E-state index >= 15 is 0 Å². The molecule has 0 radical (unpaired) electrons. The van der Waals surface area contributed by atoms with Gasteiger partial charge in [0.2, 0.25) is 0 Å². The molecule has 0 aliphatic carbocycles. The summed E-state index contributed by atoms with van der Waals surface area (Å²) in [5.41, 5.74) is 7.18. The molecule has 2 aromatic rings. The van der Waals surface area contributed by atoms with Crippen LogP contribution < -0.4 is 0 Å². The maximum absolute atomic E-state index is 2.38. The lowest BCUT2D eigenvalue weighted by Gasteiger charge is -2.26. The molecule has 0 heteroatoms. The summed E-state index contributed by atoms with van der Waals surface area (Å²) in [4.78, 5) is 0. The number of benzene rings is 2. The van der Waals surface area contributed by atoms with Crippen molar-refractivity contribution in [2.75, 3.05) is 0 Å². The second-order valence-electron chi connectivity index (χ2n) is 9.08. The summed E-state index contributed by atoms with van der Waals surface area (Å²) < 4.78 is 0. The molecule has 0 N–H and O–H groups in total. The first-order valence-electron chi connectivity index (χ1n) is 8.75. The van der Waals surface area contributed by atoms with Gasteiger partial charge in [-0.2, -0.15) is 0 Å². The minimum Gasteiger partial charge on any atom is -0.0587 e. The zero-order valence-corrected chi connectivity index (χ0v) is 16.1. The first-order chi connectivity index (χ1) is 10.5. The Hall–Kier alpha value is -1.56. The molecule has 0 atom stereocenters. The summed E-state index contributed by atoms with van der Waals surface area (Å²) >= 11 is 0. The van der Waals surface area contributed by atoms with Crippen LogP contribution in [0.1, 0.15) is 78.0 Å². The summed E-state index contributed by atoms with van der Waals surface area (Å²) in [6, 6.07) is 16.2. The van der Waals surface area contributed by atoms with Gasteiger partial charge in [0.25, 0.3) is 0 Å². The largest absolute Gasteiger partial charge is 0.0587 e. The second-order valence-corrected chi connectivity index (χ2v) is 9.08. The van der Waals surface area contributed by atoms with Gasteiger partial charge in [0.05, 0.1) is 0 Å². The van der Waals surface area contributed by atoms with E-state index < -0.39 is 0 Å². The average Bonchev–Trinajstić information content (AvgIpc) is 2.45. The minimum absolute atomic E-state index is 0.161. The van der Waals surface area contributed by atoms with Crippen LogP contribution in [0.2, 0.25) is 0 Å². The Morgan fingerprint density at radius 1 is 0.609 bits per heavy atom. The third-order valence-corrected chi connectivity index (χ3v) is 4.58. The van der Waals surface area contributed by atoms with Gasteiger partial charge in [0, 0.05) is 0 Å². The quantitative estimate of drug-likeness (QED) is 0.556.